The van der Waals surface area contributed by atoms with Crippen molar-refractivity contribution in [2.24, 2.45) is 5.73 Å². The van der Waals surface area contributed by atoms with Crippen molar-refractivity contribution in [1.82, 2.24) is 19.7 Å². The molecule has 1 unspecified atom stereocenters. The van der Waals surface area contributed by atoms with Crippen LogP contribution in [0.15, 0.2) is 55.0 Å². The number of hydrogen-bond acceptors (Lipinski definition) is 5. The van der Waals surface area contributed by atoms with E-state index < -0.39 is 5.91 Å². The second-order valence-corrected chi connectivity index (χ2v) is 7.21. The maximum Gasteiger partial charge on any atom is 0.248 e. The van der Waals surface area contributed by atoms with E-state index in [2.05, 4.69) is 28.1 Å². The fourth-order valence-corrected chi connectivity index (χ4v) is 3.54. The van der Waals surface area contributed by atoms with Crippen molar-refractivity contribution in [1.29, 1.82) is 0 Å². The zero-order chi connectivity index (χ0) is 20.2. The number of carbonyl (C=O) groups is 1. The number of benzene rings is 1. The average Bonchev–Trinajstić information content (AvgIpc) is 3.22. The summed E-state index contributed by atoms with van der Waals surface area (Å²) in [4.78, 5) is 18.2. The number of morpholine rings is 1. The van der Waals surface area contributed by atoms with Crippen molar-refractivity contribution in [3.63, 3.8) is 0 Å². The van der Waals surface area contributed by atoms with Gasteiger partial charge < -0.3 is 10.5 Å². The van der Waals surface area contributed by atoms with Crippen molar-refractivity contribution in [3.05, 3.63) is 71.8 Å². The first kappa shape index (κ1) is 19.3. The van der Waals surface area contributed by atoms with E-state index in [0.29, 0.717) is 12.2 Å². The van der Waals surface area contributed by atoms with Crippen LogP contribution < -0.4 is 5.73 Å². The first-order valence-electron chi connectivity index (χ1n) is 9.84. The topological polar surface area (TPSA) is 86.3 Å². The Morgan fingerprint density at radius 1 is 1.17 bits per heavy atom. The van der Waals surface area contributed by atoms with Gasteiger partial charge in [-0.2, -0.15) is 5.10 Å². The van der Waals surface area contributed by atoms with Crippen LogP contribution in [0.4, 0.5) is 0 Å². The van der Waals surface area contributed by atoms with Gasteiger partial charge in [0.25, 0.3) is 0 Å². The summed E-state index contributed by atoms with van der Waals surface area (Å²) in [5.41, 5.74) is 9.93. The standard InChI is InChI=1S/C22H25N5O2/c1-2-27-14-16(11-25-27)13-26-9-10-29-21(15-26)20-8-7-19(12-24-20)17-3-5-18(6-4-17)22(23)28/h3-8,11-12,14,21H,2,9-10,13,15H2,1H3,(H2,23,28). The van der Waals surface area contributed by atoms with Crippen molar-refractivity contribution in [2.75, 3.05) is 19.7 Å². The highest BCUT2D eigenvalue weighted by Gasteiger charge is 2.23. The molecule has 0 aliphatic carbocycles. The molecule has 7 heteroatoms. The van der Waals surface area contributed by atoms with Crippen molar-refractivity contribution < 1.29 is 9.53 Å². The van der Waals surface area contributed by atoms with Gasteiger partial charge in [0.1, 0.15) is 6.10 Å². The maximum atomic E-state index is 11.2. The lowest BCUT2D eigenvalue weighted by Gasteiger charge is -2.32. The van der Waals surface area contributed by atoms with Crippen molar-refractivity contribution >= 4 is 5.91 Å². The number of ether oxygens (including phenoxy) is 1. The zero-order valence-electron chi connectivity index (χ0n) is 16.5. The summed E-state index contributed by atoms with van der Waals surface area (Å²) in [6.07, 6.45) is 5.84. The number of nitrogens with two attached hydrogens (primary N) is 1. The van der Waals surface area contributed by atoms with Crippen molar-refractivity contribution in [3.8, 4) is 11.1 Å². The van der Waals surface area contributed by atoms with E-state index in [9.17, 15) is 4.79 Å². The highest BCUT2D eigenvalue weighted by atomic mass is 16.5. The van der Waals surface area contributed by atoms with Crippen LogP contribution >= 0.6 is 0 Å². The molecule has 3 aromatic rings. The minimum Gasteiger partial charge on any atom is -0.369 e. The summed E-state index contributed by atoms with van der Waals surface area (Å²) in [6.45, 7) is 6.22. The van der Waals surface area contributed by atoms with Gasteiger partial charge in [0.05, 0.1) is 18.5 Å². The normalized spacial score (nSPS) is 17.3. The van der Waals surface area contributed by atoms with Crippen LogP contribution in [0.1, 0.15) is 34.6 Å². The number of aryl methyl sites for hydroxylation is 1. The van der Waals surface area contributed by atoms with Gasteiger partial charge in [-0.1, -0.05) is 18.2 Å². The van der Waals surface area contributed by atoms with Crippen LogP contribution in [0.5, 0.6) is 0 Å². The predicted molar refractivity (Wildman–Crippen MR) is 110 cm³/mol. The summed E-state index contributed by atoms with van der Waals surface area (Å²) in [6, 6.07) is 11.3. The molecule has 1 atom stereocenters. The molecule has 7 nitrogen and oxygen atoms in total. The molecule has 1 fully saturated rings. The van der Waals surface area contributed by atoms with E-state index in [4.69, 9.17) is 10.5 Å². The van der Waals surface area contributed by atoms with E-state index >= 15 is 0 Å². The monoisotopic (exact) mass is 391 g/mol. The highest BCUT2D eigenvalue weighted by molar-refractivity contribution is 5.93. The average molecular weight is 391 g/mol. The number of hydrogen-bond donors (Lipinski definition) is 1. The molecular formula is C22H25N5O2. The van der Waals surface area contributed by atoms with Crippen LogP contribution in [-0.4, -0.2) is 45.3 Å². The summed E-state index contributed by atoms with van der Waals surface area (Å²) < 4.78 is 7.92. The third kappa shape index (κ3) is 4.52. The van der Waals surface area contributed by atoms with E-state index in [1.807, 2.05) is 41.3 Å². The number of carbonyl (C=O) groups excluding carboxylic acids is 1. The molecule has 1 aromatic carbocycles. The van der Waals surface area contributed by atoms with Gasteiger partial charge in [-0.3, -0.25) is 19.4 Å². The third-order valence-electron chi connectivity index (χ3n) is 5.19. The molecule has 0 saturated carbocycles. The molecule has 29 heavy (non-hydrogen) atoms. The molecule has 1 saturated heterocycles. The Bertz CT molecular complexity index is 966. The van der Waals surface area contributed by atoms with Gasteiger partial charge in [0.15, 0.2) is 0 Å². The molecule has 1 amide bonds. The molecule has 2 aromatic heterocycles. The smallest absolute Gasteiger partial charge is 0.248 e. The molecule has 0 bridgehead atoms. The number of aromatic nitrogens is 3. The Balaban J connectivity index is 1.42. The highest BCUT2D eigenvalue weighted by Crippen LogP contribution is 2.25. The third-order valence-corrected chi connectivity index (χ3v) is 5.19. The lowest BCUT2D eigenvalue weighted by Crippen LogP contribution is -2.38. The Hall–Kier alpha value is -3.03. The number of nitrogens with zero attached hydrogens (tertiary/aromatic N) is 4. The first-order chi connectivity index (χ1) is 14.1. The second-order valence-electron chi connectivity index (χ2n) is 7.21. The molecule has 1 aliphatic rings. The molecule has 0 radical (unpaired) electrons. The minimum absolute atomic E-state index is 0.0451. The lowest BCUT2D eigenvalue weighted by molar-refractivity contribution is -0.0349. The van der Waals surface area contributed by atoms with Crippen LogP contribution in [0.2, 0.25) is 0 Å². The molecule has 0 spiro atoms. The summed E-state index contributed by atoms with van der Waals surface area (Å²) in [5, 5.41) is 4.35. The van der Waals surface area contributed by atoms with E-state index in [1.54, 1.807) is 12.1 Å². The fraction of sp³-hybridized carbons (Fsp3) is 0.318. The quantitative estimate of drug-likeness (QED) is 0.698. The summed E-state index contributed by atoms with van der Waals surface area (Å²) in [5.74, 6) is -0.425. The van der Waals surface area contributed by atoms with E-state index in [0.717, 1.165) is 43.0 Å². The number of pyridine rings is 1. The molecule has 3 heterocycles. The Morgan fingerprint density at radius 3 is 2.62 bits per heavy atom. The van der Waals surface area contributed by atoms with Gasteiger partial charge in [0, 0.05) is 55.3 Å². The van der Waals surface area contributed by atoms with Crippen LogP contribution in [0.3, 0.4) is 0 Å². The number of rotatable bonds is 6. The fourth-order valence-electron chi connectivity index (χ4n) is 3.54. The van der Waals surface area contributed by atoms with Crippen LogP contribution in [0, 0.1) is 0 Å². The van der Waals surface area contributed by atoms with Gasteiger partial charge >= 0.3 is 0 Å². The molecule has 4 rings (SSSR count). The van der Waals surface area contributed by atoms with E-state index in [-0.39, 0.29) is 6.10 Å². The number of primary amides is 1. The van der Waals surface area contributed by atoms with Crippen molar-refractivity contribution in [2.45, 2.75) is 26.1 Å². The molecule has 1 aliphatic heterocycles. The van der Waals surface area contributed by atoms with Gasteiger partial charge in [-0.05, 0) is 30.7 Å². The second kappa shape index (κ2) is 8.55. The van der Waals surface area contributed by atoms with Gasteiger partial charge in [-0.15, -0.1) is 0 Å². The molecule has 2 N–H and O–H groups in total. The SMILES string of the molecule is CCn1cc(CN2CCOC(c3ccc(-c4ccc(C(N)=O)cc4)cn3)C2)cn1. The first-order valence-corrected chi connectivity index (χ1v) is 9.84. The largest absolute Gasteiger partial charge is 0.369 e. The summed E-state index contributed by atoms with van der Waals surface area (Å²) in [7, 11) is 0. The van der Waals surface area contributed by atoms with E-state index in [1.165, 1.54) is 5.56 Å². The Morgan fingerprint density at radius 2 is 1.97 bits per heavy atom. The van der Waals surface area contributed by atoms with Crippen LogP contribution in [-0.2, 0) is 17.8 Å². The maximum absolute atomic E-state index is 11.2. The Labute approximate surface area is 170 Å². The van der Waals surface area contributed by atoms with Gasteiger partial charge in [0.2, 0.25) is 5.91 Å². The van der Waals surface area contributed by atoms with Crippen LogP contribution in [0.25, 0.3) is 11.1 Å². The molecular weight excluding hydrogens is 366 g/mol. The zero-order valence-corrected chi connectivity index (χ0v) is 16.5. The number of amides is 1. The predicted octanol–water partition coefficient (Wildman–Crippen LogP) is 2.64. The lowest BCUT2D eigenvalue weighted by atomic mass is 10.0. The Kier molecular flexibility index (Phi) is 5.69. The molecule has 150 valence electrons. The minimum atomic E-state index is -0.425. The van der Waals surface area contributed by atoms with Gasteiger partial charge in [-0.25, -0.2) is 0 Å². The summed E-state index contributed by atoms with van der Waals surface area (Å²) >= 11 is 0.